The van der Waals surface area contributed by atoms with Crippen molar-refractivity contribution >= 4 is 5.91 Å². The largest absolute Gasteiger partial charge is 0.375 e. The maximum Gasteiger partial charge on any atom is 0.256 e. The average Bonchev–Trinajstić information content (AvgIpc) is 3.29. The summed E-state index contributed by atoms with van der Waals surface area (Å²) in [7, 11) is 0. The van der Waals surface area contributed by atoms with Crippen LogP contribution in [0.1, 0.15) is 43.2 Å². The minimum Gasteiger partial charge on any atom is -0.375 e. The Bertz CT molecular complexity index is 869. The molecule has 2 aromatic rings. The molecule has 1 heterocycles. The van der Waals surface area contributed by atoms with Crippen molar-refractivity contribution in [2.75, 3.05) is 19.6 Å². The number of nitrogens with one attached hydrogen (secondary N) is 1. The molecule has 3 aliphatic rings. The number of carbonyl (C=O) groups excluding carboxylic acids is 1. The summed E-state index contributed by atoms with van der Waals surface area (Å²) in [6.07, 6.45) is 5.23. The van der Waals surface area contributed by atoms with Crippen LogP contribution in [0.5, 0.6) is 0 Å². The van der Waals surface area contributed by atoms with Crippen LogP contribution in [-0.4, -0.2) is 35.5 Å². The number of nitrogens with zero attached hydrogens (tertiary/aromatic N) is 1. The van der Waals surface area contributed by atoms with Crippen LogP contribution in [0.4, 0.5) is 0 Å². The molecule has 4 heteroatoms. The van der Waals surface area contributed by atoms with Crippen molar-refractivity contribution in [3.05, 3.63) is 71.8 Å². The van der Waals surface area contributed by atoms with Gasteiger partial charge in [0.1, 0.15) is 0 Å². The molecule has 0 bridgehead atoms. The molecule has 0 radical (unpaired) electrons. The summed E-state index contributed by atoms with van der Waals surface area (Å²) in [5, 5.41) is 14.9. The molecule has 2 saturated carbocycles. The highest BCUT2D eigenvalue weighted by Gasteiger charge is 2.55. The summed E-state index contributed by atoms with van der Waals surface area (Å²) >= 11 is 0. The minimum absolute atomic E-state index is 0.00344. The van der Waals surface area contributed by atoms with Crippen LogP contribution < -0.4 is 5.32 Å². The lowest BCUT2D eigenvalue weighted by Gasteiger charge is -2.37. The molecule has 4 nitrogen and oxygen atoms in total. The Hall–Kier alpha value is -2.17. The fourth-order valence-electron chi connectivity index (χ4n) is 6.12. The molecule has 4 atom stereocenters. The third kappa shape index (κ3) is 4.16. The van der Waals surface area contributed by atoms with Gasteiger partial charge in [0.05, 0.1) is 0 Å². The van der Waals surface area contributed by atoms with Gasteiger partial charge in [-0.1, -0.05) is 79.9 Å². The number of aliphatic hydroxyl groups is 1. The van der Waals surface area contributed by atoms with Crippen molar-refractivity contribution in [3.63, 3.8) is 0 Å². The lowest BCUT2D eigenvalue weighted by atomic mass is 9.73. The molecule has 1 aliphatic heterocycles. The molecule has 0 aromatic heterocycles. The normalized spacial score (nSPS) is 28.0. The first-order chi connectivity index (χ1) is 15.2. The molecule has 3 fully saturated rings. The average molecular weight is 419 g/mol. The molecule has 1 amide bonds. The predicted molar refractivity (Wildman–Crippen MR) is 122 cm³/mol. The first kappa shape index (κ1) is 20.7. The molecule has 31 heavy (non-hydrogen) atoms. The van der Waals surface area contributed by atoms with E-state index < -0.39 is 5.60 Å². The molecular formula is C27H34N2O2. The van der Waals surface area contributed by atoms with Crippen LogP contribution in [-0.2, 0) is 16.9 Å². The number of hydrogen-bond donors (Lipinski definition) is 2. The van der Waals surface area contributed by atoms with E-state index in [1.54, 1.807) is 0 Å². The zero-order valence-corrected chi connectivity index (χ0v) is 18.2. The van der Waals surface area contributed by atoms with Gasteiger partial charge in [-0.05, 0) is 41.7 Å². The van der Waals surface area contributed by atoms with Crippen molar-refractivity contribution in [3.8, 4) is 0 Å². The monoisotopic (exact) mass is 418 g/mol. The van der Waals surface area contributed by atoms with Gasteiger partial charge in [-0.2, -0.15) is 0 Å². The van der Waals surface area contributed by atoms with Crippen molar-refractivity contribution in [2.24, 2.45) is 23.7 Å². The Morgan fingerprint density at radius 1 is 0.935 bits per heavy atom. The van der Waals surface area contributed by atoms with Crippen LogP contribution >= 0.6 is 0 Å². The van der Waals surface area contributed by atoms with Gasteiger partial charge in [-0.25, -0.2) is 0 Å². The number of benzene rings is 2. The second-order valence-electron chi connectivity index (χ2n) is 9.85. The summed E-state index contributed by atoms with van der Waals surface area (Å²) in [5.41, 5.74) is 0.698. The van der Waals surface area contributed by atoms with E-state index in [-0.39, 0.29) is 11.8 Å². The molecule has 164 valence electrons. The summed E-state index contributed by atoms with van der Waals surface area (Å²) in [5.74, 6) is 1.73. The molecule has 2 aromatic carbocycles. The van der Waals surface area contributed by atoms with Crippen LogP contribution in [0.3, 0.4) is 0 Å². The fourth-order valence-corrected chi connectivity index (χ4v) is 6.12. The number of fused-ring (bicyclic) bond motifs is 1. The first-order valence-electron chi connectivity index (χ1n) is 12.0. The van der Waals surface area contributed by atoms with Crippen molar-refractivity contribution < 1.29 is 9.90 Å². The maximum absolute atomic E-state index is 13.4. The Morgan fingerprint density at radius 3 is 2.19 bits per heavy atom. The summed E-state index contributed by atoms with van der Waals surface area (Å²) < 4.78 is 0. The highest BCUT2D eigenvalue weighted by atomic mass is 16.3. The quantitative estimate of drug-likeness (QED) is 0.716. The van der Waals surface area contributed by atoms with E-state index in [1.807, 2.05) is 30.3 Å². The number of likely N-dealkylation sites (tertiary alicyclic amines) is 1. The summed E-state index contributed by atoms with van der Waals surface area (Å²) in [6, 6.07) is 20.2. The third-order valence-electron chi connectivity index (χ3n) is 7.95. The Labute approximate surface area is 185 Å². The number of rotatable bonds is 7. The van der Waals surface area contributed by atoms with Gasteiger partial charge in [0.25, 0.3) is 5.91 Å². The van der Waals surface area contributed by atoms with E-state index in [4.69, 9.17) is 0 Å². The zero-order valence-electron chi connectivity index (χ0n) is 18.2. The van der Waals surface area contributed by atoms with Crippen LogP contribution in [0.2, 0.25) is 0 Å². The zero-order chi connectivity index (χ0) is 21.3. The van der Waals surface area contributed by atoms with E-state index >= 15 is 0 Å². The number of hydrogen-bond acceptors (Lipinski definition) is 3. The molecule has 2 aliphatic carbocycles. The van der Waals surface area contributed by atoms with Gasteiger partial charge in [0.2, 0.25) is 0 Å². The van der Waals surface area contributed by atoms with E-state index in [9.17, 15) is 9.90 Å². The van der Waals surface area contributed by atoms with Gasteiger partial charge in [-0.3, -0.25) is 9.69 Å². The molecule has 3 unspecified atom stereocenters. The molecular weight excluding hydrogens is 384 g/mol. The third-order valence-corrected chi connectivity index (χ3v) is 7.95. The minimum atomic E-state index is -1.41. The molecule has 2 N–H and O–H groups in total. The number of piperidine rings is 1. The van der Waals surface area contributed by atoms with Gasteiger partial charge in [0, 0.05) is 32.1 Å². The van der Waals surface area contributed by atoms with Crippen LogP contribution in [0.15, 0.2) is 60.7 Å². The predicted octanol–water partition coefficient (Wildman–Crippen LogP) is 3.95. The first-order valence-corrected chi connectivity index (χ1v) is 12.0. The number of carbonyl (C=O) groups is 1. The van der Waals surface area contributed by atoms with Crippen molar-refractivity contribution in [1.82, 2.24) is 10.2 Å². The highest BCUT2D eigenvalue weighted by Crippen LogP contribution is 2.51. The maximum atomic E-state index is 13.4. The summed E-state index contributed by atoms with van der Waals surface area (Å²) in [6.45, 7) is 3.94. The second-order valence-corrected chi connectivity index (χ2v) is 9.85. The van der Waals surface area contributed by atoms with E-state index in [1.165, 1.54) is 12.0 Å². The van der Waals surface area contributed by atoms with Crippen LogP contribution in [0, 0.1) is 23.7 Å². The molecule has 5 rings (SSSR count). The lowest BCUT2D eigenvalue weighted by Crippen LogP contribution is -2.50. The lowest BCUT2D eigenvalue weighted by molar-refractivity contribution is -0.149. The SMILES string of the molecule is O=C(NCC1C2CN(Cc3ccccc3)C[C@H]12)C(O)(c1ccccc1)C1CCCCC1. The van der Waals surface area contributed by atoms with Gasteiger partial charge < -0.3 is 10.4 Å². The van der Waals surface area contributed by atoms with Gasteiger partial charge >= 0.3 is 0 Å². The Kier molecular flexibility index (Phi) is 5.85. The van der Waals surface area contributed by atoms with E-state index in [0.717, 1.165) is 50.9 Å². The highest BCUT2D eigenvalue weighted by molar-refractivity contribution is 5.86. The van der Waals surface area contributed by atoms with Gasteiger partial charge in [-0.15, -0.1) is 0 Å². The van der Waals surface area contributed by atoms with E-state index in [2.05, 4.69) is 40.5 Å². The number of amides is 1. The Morgan fingerprint density at radius 2 is 1.55 bits per heavy atom. The summed E-state index contributed by atoms with van der Waals surface area (Å²) in [4.78, 5) is 15.9. The second kappa shape index (κ2) is 8.76. The topological polar surface area (TPSA) is 52.6 Å². The van der Waals surface area contributed by atoms with Gasteiger partial charge in [0.15, 0.2) is 5.60 Å². The van der Waals surface area contributed by atoms with E-state index in [0.29, 0.717) is 24.3 Å². The van der Waals surface area contributed by atoms with Crippen LogP contribution in [0.25, 0.3) is 0 Å². The fraction of sp³-hybridized carbons (Fsp3) is 0.519. The molecule has 0 spiro atoms. The molecule has 1 saturated heterocycles. The Balaban J connectivity index is 1.18. The smallest absolute Gasteiger partial charge is 0.256 e. The van der Waals surface area contributed by atoms with Crippen molar-refractivity contribution in [2.45, 2.75) is 44.2 Å². The standard InChI is InChI=1S/C27H34N2O2/c30-26(27(31,21-12-6-2-7-13-21)22-14-8-3-9-15-22)28-16-23-24-18-29(19-25(23)24)17-20-10-4-1-5-11-20/h1-2,4-7,10-13,22-25,31H,3,8-9,14-19H2,(H,28,30)/t23?,24-,25?,27?/m1/s1. The van der Waals surface area contributed by atoms with Crippen molar-refractivity contribution in [1.29, 1.82) is 0 Å².